The van der Waals surface area contributed by atoms with Gasteiger partial charge in [-0.05, 0) is 55.9 Å². The van der Waals surface area contributed by atoms with Crippen molar-refractivity contribution in [3.05, 3.63) is 35.9 Å². The van der Waals surface area contributed by atoms with Gasteiger partial charge in [-0.3, -0.25) is 4.79 Å². The second-order valence-electron chi connectivity index (χ2n) is 7.44. The van der Waals surface area contributed by atoms with Crippen molar-refractivity contribution in [1.82, 2.24) is 0 Å². The first-order valence-electron chi connectivity index (χ1n) is 8.21. The van der Waals surface area contributed by atoms with E-state index in [1.807, 2.05) is 6.07 Å². The fraction of sp³-hybridized carbons (Fsp3) is 0.632. The van der Waals surface area contributed by atoms with Crippen LogP contribution in [0.15, 0.2) is 30.3 Å². The van der Waals surface area contributed by atoms with Gasteiger partial charge in [-0.25, -0.2) is 0 Å². The van der Waals surface area contributed by atoms with E-state index >= 15 is 0 Å². The Hall–Kier alpha value is -1.31. The molecule has 0 bridgehead atoms. The zero-order chi connectivity index (χ0) is 15.3. The summed E-state index contributed by atoms with van der Waals surface area (Å²) < 4.78 is 0. The van der Waals surface area contributed by atoms with Gasteiger partial charge in [0.05, 0.1) is 5.41 Å². The molecule has 0 atom stereocenters. The van der Waals surface area contributed by atoms with Gasteiger partial charge in [-0.15, -0.1) is 0 Å². The fourth-order valence-electron chi connectivity index (χ4n) is 3.41. The standard InChI is InChI=1S/C19H28O2/c1-18(2)12-14-19(15-13-18,17(20)21)11-7-6-10-16-8-4-3-5-9-16/h3-5,8-9H,6-7,10-15H2,1-2H3,(H,20,21). The molecule has 0 heterocycles. The Bertz CT molecular complexity index is 452. The maximum atomic E-state index is 11.8. The first-order valence-corrected chi connectivity index (χ1v) is 8.21. The molecule has 1 aliphatic carbocycles. The van der Waals surface area contributed by atoms with Crippen LogP contribution in [0.5, 0.6) is 0 Å². The Kier molecular flexibility index (Phi) is 5.08. The number of aliphatic carboxylic acids is 1. The van der Waals surface area contributed by atoms with Gasteiger partial charge in [-0.2, -0.15) is 0 Å². The van der Waals surface area contributed by atoms with Crippen molar-refractivity contribution in [2.24, 2.45) is 10.8 Å². The number of benzene rings is 1. The first-order chi connectivity index (χ1) is 9.94. The average molecular weight is 288 g/mol. The van der Waals surface area contributed by atoms with Crippen molar-refractivity contribution in [3.8, 4) is 0 Å². The molecule has 0 aromatic heterocycles. The lowest BCUT2D eigenvalue weighted by Gasteiger charge is -2.41. The largest absolute Gasteiger partial charge is 0.481 e. The van der Waals surface area contributed by atoms with E-state index in [2.05, 4.69) is 38.1 Å². The Morgan fingerprint density at radius 2 is 1.67 bits per heavy atom. The predicted molar refractivity (Wildman–Crippen MR) is 86.3 cm³/mol. The van der Waals surface area contributed by atoms with Gasteiger partial charge in [-0.1, -0.05) is 50.6 Å². The summed E-state index contributed by atoms with van der Waals surface area (Å²) in [4.78, 5) is 11.8. The minimum Gasteiger partial charge on any atom is -0.481 e. The molecule has 2 rings (SSSR count). The molecule has 1 fully saturated rings. The molecule has 1 N–H and O–H groups in total. The highest BCUT2D eigenvalue weighted by molar-refractivity contribution is 5.74. The molecule has 2 heteroatoms. The van der Waals surface area contributed by atoms with Gasteiger partial charge < -0.3 is 5.11 Å². The highest BCUT2D eigenvalue weighted by Crippen LogP contribution is 2.47. The second-order valence-corrected chi connectivity index (χ2v) is 7.44. The van der Waals surface area contributed by atoms with E-state index in [1.54, 1.807) is 0 Å². The molecular formula is C19H28O2. The summed E-state index contributed by atoms with van der Waals surface area (Å²) >= 11 is 0. The van der Waals surface area contributed by atoms with Crippen molar-refractivity contribution in [2.45, 2.75) is 65.2 Å². The van der Waals surface area contributed by atoms with Gasteiger partial charge in [0.15, 0.2) is 0 Å². The molecule has 0 spiro atoms. The smallest absolute Gasteiger partial charge is 0.309 e. The number of carbonyl (C=O) groups is 1. The number of carboxylic acid groups (broad SMARTS) is 1. The third-order valence-corrected chi connectivity index (χ3v) is 5.23. The van der Waals surface area contributed by atoms with Crippen LogP contribution in [0, 0.1) is 10.8 Å². The van der Waals surface area contributed by atoms with Crippen LogP contribution in [0.25, 0.3) is 0 Å². The van der Waals surface area contributed by atoms with Crippen LogP contribution in [0.4, 0.5) is 0 Å². The molecule has 21 heavy (non-hydrogen) atoms. The van der Waals surface area contributed by atoms with E-state index in [9.17, 15) is 9.90 Å². The van der Waals surface area contributed by atoms with E-state index in [0.29, 0.717) is 5.41 Å². The number of aryl methyl sites for hydroxylation is 1. The predicted octanol–water partition coefficient (Wildman–Crippen LogP) is 5.07. The Labute approximate surface area is 128 Å². The molecule has 1 saturated carbocycles. The van der Waals surface area contributed by atoms with E-state index in [4.69, 9.17) is 0 Å². The van der Waals surface area contributed by atoms with Gasteiger partial charge in [0.2, 0.25) is 0 Å². The van der Waals surface area contributed by atoms with Gasteiger partial charge in [0.25, 0.3) is 0 Å². The van der Waals surface area contributed by atoms with Crippen LogP contribution in [0.2, 0.25) is 0 Å². The third kappa shape index (κ3) is 4.33. The van der Waals surface area contributed by atoms with Gasteiger partial charge in [0, 0.05) is 0 Å². The first kappa shape index (κ1) is 16.1. The summed E-state index contributed by atoms with van der Waals surface area (Å²) in [7, 11) is 0. The zero-order valence-corrected chi connectivity index (χ0v) is 13.4. The van der Waals surface area contributed by atoms with Crippen LogP contribution >= 0.6 is 0 Å². The number of carboxylic acids is 1. The highest BCUT2D eigenvalue weighted by atomic mass is 16.4. The second kappa shape index (κ2) is 6.64. The molecule has 1 aromatic rings. The van der Waals surface area contributed by atoms with Crippen LogP contribution in [0.1, 0.15) is 64.4 Å². The number of hydrogen-bond acceptors (Lipinski definition) is 1. The van der Waals surface area contributed by atoms with Crippen LogP contribution in [0.3, 0.4) is 0 Å². The molecule has 0 saturated heterocycles. The third-order valence-electron chi connectivity index (χ3n) is 5.23. The summed E-state index contributed by atoms with van der Waals surface area (Å²) in [5, 5.41) is 9.68. The number of unbranched alkanes of at least 4 members (excludes halogenated alkanes) is 1. The summed E-state index contributed by atoms with van der Waals surface area (Å²) in [6.07, 6.45) is 7.77. The fourth-order valence-corrected chi connectivity index (χ4v) is 3.41. The molecular weight excluding hydrogens is 260 g/mol. The summed E-state index contributed by atoms with van der Waals surface area (Å²) in [6, 6.07) is 10.5. The zero-order valence-electron chi connectivity index (χ0n) is 13.4. The molecule has 0 amide bonds. The van der Waals surface area contributed by atoms with Crippen LogP contribution < -0.4 is 0 Å². The minimum absolute atomic E-state index is 0.322. The molecule has 0 aliphatic heterocycles. The van der Waals surface area contributed by atoms with Crippen molar-refractivity contribution in [1.29, 1.82) is 0 Å². The maximum absolute atomic E-state index is 11.8. The lowest BCUT2D eigenvalue weighted by molar-refractivity contribution is -0.153. The number of rotatable bonds is 6. The van der Waals surface area contributed by atoms with Crippen LogP contribution in [-0.2, 0) is 11.2 Å². The highest BCUT2D eigenvalue weighted by Gasteiger charge is 2.43. The van der Waals surface area contributed by atoms with E-state index in [-0.39, 0.29) is 0 Å². The van der Waals surface area contributed by atoms with Gasteiger partial charge >= 0.3 is 5.97 Å². The van der Waals surface area contributed by atoms with Crippen molar-refractivity contribution < 1.29 is 9.90 Å². The summed E-state index contributed by atoms with van der Waals surface area (Å²) in [6.45, 7) is 4.52. The monoisotopic (exact) mass is 288 g/mol. The van der Waals surface area contributed by atoms with Crippen LogP contribution in [-0.4, -0.2) is 11.1 Å². The Balaban J connectivity index is 1.83. The SMILES string of the molecule is CC1(C)CCC(CCCCc2ccccc2)(C(=O)O)CC1. The van der Waals surface area contributed by atoms with E-state index in [1.165, 1.54) is 5.56 Å². The lowest BCUT2D eigenvalue weighted by Crippen LogP contribution is -2.37. The maximum Gasteiger partial charge on any atom is 0.309 e. The average Bonchev–Trinajstić information content (AvgIpc) is 2.46. The Morgan fingerprint density at radius 3 is 2.24 bits per heavy atom. The molecule has 1 aromatic carbocycles. The molecule has 1 aliphatic rings. The normalized spacial score (nSPS) is 20.1. The summed E-state index contributed by atoms with van der Waals surface area (Å²) in [5.74, 6) is -0.572. The molecule has 0 radical (unpaired) electrons. The quantitative estimate of drug-likeness (QED) is 0.742. The lowest BCUT2D eigenvalue weighted by atomic mass is 9.63. The summed E-state index contributed by atoms with van der Waals surface area (Å²) in [5.41, 5.74) is 1.22. The van der Waals surface area contributed by atoms with Gasteiger partial charge in [0.1, 0.15) is 0 Å². The molecule has 0 unspecified atom stereocenters. The van der Waals surface area contributed by atoms with E-state index < -0.39 is 11.4 Å². The minimum atomic E-state index is -0.572. The molecule has 116 valence electrons. The molecule has 2 nitrogen and oxygen atoms in total. The van der Waals surface area contributed by atoms with Crippen molar-refractivity contribution in [2.75, 3.05) is 0 Å². The number of hydrogen-bond donors (Lipinski definition) is 1. The van der Waals surface area contributed by atoms with Crippen molar-refractivity contribution >= 4 is 5.97 Å². The van der Waals surface area contributed by atoms with Crippen molar-refractivity contribution in [3.63, 3.8) is 0 Å². The Morgan fingerprint density at radius 1 is 1.05 bits per heavy atom. The topological polar surface area (TPSA) is 37.3 Å². The van der Waals surface area contributed by atoms with E-state index in [0.717, 1.165) is 51.4 Å².